The van der Waals surface area contributed by atoms with Crippen LogP contribution in [0.5, 0.6) is 0 Å². The molecule has 0 unspecified atom stereocenters. The summed E-state index contributed by atoms with van der Waals surface area (Å²) in [4.78, 5) is 11.7. The molecule has 0 amide bonds. The second-order valence-electron chi connectivity index (χ2n) is 6.48. The normalized spacial score (nSPS) is 27.5. The minimum atomic E-state index is -0.430. The molecule has 5 nitrogen and oxygen atoms in total. The van der Waals surface area contributed by atoms with Crippen molar-refractivity contribution < 1.29 is 19.0 Å². The van der Waals surface area contributed by atoms with Crippen LogP contribution in [0.2, 0.25) is 0 Å². The summed E-state index contributed by atoms with van der Waals surface area (Å²) in [5, 5.41) is 0. The van der Waals surface area contributed by atoms with Crippen molar-refractivity contribution in [1.82, 2.24) is 0 Å². The van der Waals surface area contributed by atoms with E-state index in [9.17, 15) is 4.79 Å². The van der Waals surface area contributed by atoms with E-state index < -0.39 is 12.1 Å². The molecule has 1 aliphatic rings. The zero-order valence-corrected chi connectivity index (χ0v) is 15.5. The van der Waals surface area contributed by atoms with Gasteiger partial charge in [0.15, 0.2) is 6.10 Å². The summed E-state index contributed by atoms with van der Waals surface area (Å²) in [5.41, 5.74) is 5.39. The zero-order chi connectivity index (χ0) is 17.8. The Morgan fingerprint density at radius 3 is 2.62 bits per heavy atom. The molecule has 0 aliphatic carbocycles. The summed E-state index contributed by atoms with van der Waals surface area (Å²) in [6.45, 7) is 7.28. The Balaban J connectivity index is 2.58. The average molecular weight is 341 g/mol. The van der Waals surface area contributed by atoms with E-state index in [0.717, 1.165) is 6.42 Å². The molecule has 0 aromatic heterocycles. The van der Waals surface area contributed by atoms with Gasteiger partial charge in [0.2, 0.25) is 0 Å². The topological polar surface area (TPSA) is 70.8 Å². The van der Waals surface area contributed by atoms with Crippen LogP contribution < -0.4 is 5.73 Å². The van der Waals surface area contributed by atoms with Crippen molar-refractivity contribution in [2.24, 2.45) is 11.7 Å². The molecule has 140 valence electrons. The first-order valence-electron chi connectivity index (χ1n) is 9.43. The van der Waals surface area contributed by atoms with Crippen molar-refractivity contribution in [3.8, 4) is 0 Å². The van der Waals surface area contributed by atoms with Gasteiger partial charge in [-0.1, -0.05) is 51.7 Å². The molecule has 0 aromatic rings. The second-order valence-corrected chi connectivity index (χ2v) is 6.48. The van der Waals surface area contributed by atoms with E-state index >= 15 is 0 Å². The van der Waals surface area contributed by atoms with Crippen LogP contribution >= 0.6 is 0 Å². The summed E-state index contributed by atoms with van der Waals surface area (Å²) in [6.07, 6.45) is 10.6. The number of nitrogens with two attached hydrogens (primary N) is 1. The first kappa shape index (κ1) is 21.1. The third-order valence-electron chi connectivity index (χ3n) is 4.35. The summed E-state index contributed by atoms with van der Waals surface area (Å²) >= 11 is 0. The van der Waals surface area contributed by atoms with Gasteiger partial charge in [-0.25, -0.2) is 0 Å². The van der Waals surface area contributed by atoms with Crippen LogP contribution in [0.25, 0.3) is 0 Å². The molecule has 5 heteroatoms. The fourth-order valence-electron chi connectivity index (χ4n) is 3.01. The standard InChI is InChI=1S/C19H35NO4/c1-4-6-7-8-9-10-11-12-16-19(24-17(21)13-20)18(22-5-2)15(3)14-23-16/h11-12,15-16,18-19H,4-10,13-14,20H2,1-3H3/t15-,16+,18+,19+/m0/s1. The van der Waals surface area contributed by atoms with E-state index in [4.69, 9.17) is 19.9 Å². The molecule has 4 atom stereocenters. The number of carbonyl (C=O) groups is 1. The van der Waals surface area contributed by atoms with E-state index in [1.807, 2.05) is 13.0 Å². The van der Waals surface area contributed by atoms with Crippen LogP contribution in [0.1, 0.15) is 59.3 Å². The van der Waals surface area contributed by atoms with Gasteiger partial charge in [-0.05, 0) is 19.8 Å². The molecule has 0 bridgehead atoms. The third kappa shape index (κ3) is 7.32. The van der Waals surface area contributed by atoms with E-state index in [2.05, 4.69) is 19.9 Å². The number of hydrogen-bond donors (Lipinski definition) is 1. The van der Waals surface area contributed by atoms with Crippen LogP contribution in [0.3, 0.4) is 0 Å². The summed E-state index contributed by atoms with van der Waals surface area (Å²) in [6, 6.07) is 0. The highest BCUT2D eigenvalue weighted by Gasteiger charge is 2.40. The summed E-state index contributed by atoms with van der Waals surface area (Å²) in [7, 11) is 0. The molecule has 1 rings (SSSR count). The Morgan fingerprint density at radius 1 is 1.21 bits per heavy atom. The van der Waals surface area contributed by atoms with Crippen molar-refractivity contribution >= 4 is 5.97 Å². The molecule has 1 fully saturated rings. The minimum absolute atomic E-state index is 0.127. The molecule has 24 heavy (non-hydrogen) atoms. The highest BCUT2D eigenvalue weighted by atomic mass is 16.6. The van der Waals surface area contributed by atoms with Gasteiger partial charge in [-0.3, -0.25) is 4.79 Å². The Kier molecular flexibility index (Phi) is 11.0. The summed E-state index contributed by atoms with van der Waals surface area (Å²) < 4.78 is 17.2. The molecule has 0 radical (unpaired) electrons. The number of allylic oxidation sites excluding steroid dienone is 1. The lowest BCUT2D eigenvalue weighted by Crippen LogP contribution is -2.52. The van der Waals surface area contributed by atoms with Gasteiger partial charge in [0.25, 0.3) is 0 Å². The van der Waals surface area contributed by atoms with Crippen LogP contribution in [0, 0.1) is 5.92 Å². The average Bonchev–Trinajstić information content (AvgIpc) is 2.58. The smallest absolute Gasteiger partial charge is 0.320 e. The first-order valence-corrected chi connectivity index (χ1v) is 9.43. The fourth-order valence-corrected chi connectivity index (χ4v) is 3.01. The lowest BCUT2D eigenvalue weighted by atomic mass is 9.92. The van der Waals surface area contributed by atoms with Crippen LogP contribution in [0.15, 0.2) is 12.2 Å². The molecule has 1 aliphatic heterocycles. The Labute approximate surface area is 146 Å². The number of unbranched alkanes of at least 4 members (excludes halogenated alkanes) is 5. The fraction of sp³-hybridized carbons (Fsp3) is 0.842. The monoisotopic (exact) mass is 341 g/mol. The van der Waals surface area contributed by atoms with Crippen molar-refractivity contribution in [3.05, 3.63) is 12.2 Å². The van der Waals surface area contributed by atoms with Crippen molar-refractivity contribution in [2.45, 2.75) is 77.6 Å². The van der Waals surface area contributed by atoms with E-state index in [0.29, 0.717) is 13.2 Å². The Bertz CT molecular complexity index is 372. The maximum Gasteiger partial charge on any atom is 0.320 e. The van der Waals surface area contributed by atoms with Crippen molar-refractivity contribution in [1.29, 1.82) is 0 Å². The van der Waals surface area contributed by atoms with Gasteiger partial charge in [-0.2, -0.15) is 0 Å². The van der Waals surface area contributed by atoms with Crippen molar-refractivity contribution in [2.75, 3.05) is 19.8 Å². The van der Waals surface area contributed by atoms with Gasteiger partial charge in [0.05, 0.1) is 13.2 Å². The maximum atomic E-state index is 11.7. The van der Waals surface area contributed by atoms with Crippen molar-refractivity contribution in [3.63, 3.8) is 0 Å². The zero-order valence-electron chi connectivity index (χ0n) is 15.5. The summed E-state index contributed by atoms with van der Waals surface area (Å²) in [5.74, 6) is -0.236. The molecular weight excluding hydrogens is 306 g/mol. The Morgan fingerprint density at radius 2 is 1.96 bits per heavy atom. The first-order chi connectivity index (χ1) is 11.6. The number of ether oxygens (including phenoxy) is 3. The lowest BCUT2D eigenvalue weighted by Gasteiger charge is -2.39. The third-order valence-corrected chi connectivity index (χ3v) is 4.35. The molecule has 0 aromatic carbocycles. The van der Waals surface area contributed by atoms with Gasteiger partial charge < -0.3 is 19.9 Å². The SMILES string of the molecule is CCCCCCCC=C[C@H]1OC[C@H](C)[C@@H](OCC)[C@@H]1OC(=O)CN. The molecule has 0 spiro atoms. The number of rotatable bonds is 11. The number of hydrogen-bond acceptors (Lipinski definition) is 5. The van der Waals surface area contributed by atoms with Crippen LogP contribution in [-0.2, 0) is 19.0 Å². The van der Waals surface area contributed by atoms with Gasteiger partial charge in [0.1, 0.15) is 12.2 Å². The number of carbonyl (C=O) groups excluding carboxylic acids is 1. The Hall–Kier alpha value is -0.910. The molecule has 1 saturated heterocycles. The van der Waals surface area contributed by atoms with Gasteiger partial charge >= 0.3 is 5.97 Å². The predicted octanol–water partition coefficient (Wildman–Crippen LogP) is 3.21. The predicted molar refractivity (Wildman–Crippen MR) is 95.8 cm³/mol. The highest BCUT2D eigenvalue weighted by molar-refractivity contribution is 5.71. The molecule has 2 N–H and O–H groups in total. The van der Waals surface area contributed by atoms with Gasteiger partial charge in [-0.15, -0.1) is 0 Å². The minimum Gasteiger partial charge on any atom is -0.455 e. The molecular formula is C19H35NO4. The van der Waals surface area contributed by atoms with E-state index in [1.54, 1.807) is 0 Å². The van der Waals surface area contributed by atoms with E-state index in [1.165, 1.54) is 32.1 Å². The largest absolute Gasteiger partial charge is 0.455 e. The maximum absolute atomic E-state index is 11.7. The molecule has 1 heterocycles. The molecule has 0 saturated carbocycles. The lowest BCUT2D eigenvalue weighted by molar-refractivity contribution is -0.193. The quantitative estimate of drug-likeness (QED) is 0.355. The number of esters is 1. The van der Waals surface area contributed by atoms with E-state index in [-0.39, 0.29) is 24.7 Å². The van der Waals surface area contributed by atoms with Crippen LogP contribution in [0.4, 0.5) is 0 Å². The highest BCUT2D eigenvalue weighted by Crippen LogP contribution is 2.26. The van der Waals surface area contributed by atoms with Crippen LogP contribution in [-0.4, -0.2) is 44.0 Å². The van der Waals surface area contributed by atoms with Gasteiger partial charge in [0, 0.05) is 12.5 Å². The second kappa shape index (κ2) is 12.5.